The van der Waals surface area contributed by atoms with Gasteiger partial charge >= 0.3 is 35.9 Å². The van der Waals surface area contributed by atoms with E-state index < -0.39 is 159 Å². The molecule has 1 saturated heterocycles. The molecule has 0 aromatic heterocycles. The van der Waals surface area contributed by atoms with Gasteiger partial charge < -0.3 is 64.4 Å². The predicted molar refractivity (Wildman–Crippen MR) is 278 cm³/mol. The number of hydrazone groups is 1. The second-order valence-electron chi connectivity index (χ2n) is 23.3. The number of sulfonamides is 1. The third-order valence-electron chi connectivity index (χ3n) is 17.1. The van der Waals surface area contributed by atoms with E-state index in [2.05, 4.69) is 15.2 Å². The van der Waals surface area contributed by atoms with Crippen molar-refractivity contribution in [3.63, 3.8) is 0 Å². The normalized spacial score (nSPS) is 33.8. The highest BCUT2D eigenvalue weighted by Crippen LogP contribution is 2.67. The number of carbonyl (C=O) groups is 6. The number of hydrogen-bond acceptors (Lipinski definition) is 20. The largest absolute Gasteiger partial charge is 0.478 e. The Hall–Kier alpha value is -6.54. The second kappa shape index (κ2) is 21.7. The summed E-state index contributed by atoms with van der Waals surface area (Å²) in [6, 6.07) is 18.2. The molecule has 80 heavy (non-hydrogen) atoms. The number of nitrogens with one attached hydrogen (secondary N) is 2. The number of ether oxygens (including phenoxy) is 6. The maximum atomic E-state index is 15.4. The number of aromatic carboxylic acids is 1. The zero-order valence-electron chi connectivity index (χ0n) is 45.4. The summed E-state index contributed by atoms with van der Waals surface area (Å²) >= 11 is 0. The van der Waals surface area contributed by atoms with Crippen LogP contribution < -0.4 is 10.1 Å². The van der Waals surface area contributed by atoms with Gasteiger partial charge in [0.15, 0.2) is 17.3 Å². The van der Waals surface area contributed by atoms with E-state index in [-0.39, 0.29) is 53.0 Å². The number of fused-ring (bicyclic) bond motifs is 5. The molecule has 3 unspecified atom stereocenters. The zero-order chi connectivity index (χ0) is 58.7. The summed E-state index contributed by atoms with van der Waals surface area (Å²) in [5.74, 6) is -9.16. The van der Waals surface area contributed by atoms with Crippen molar-refractivity contribution in [1.29, 1.82) is 0 Å². The summed E-state index contributed by atoms with van der Waals surface area (Å²) in [6.45, 7) is 11.0. The van der Waals surface area contributed by atoms with Gasteiger partial charge in [-0.2, -0.15) is 13.5 Å². The Bertz CT molecular complexity index is 3010. The monoisotopic (exact) mass is 1140 g/mol. The number of benzene rings is 3. The molecular weight excluding hydrogens is 1070 g/mol. The fraction of sp³-hybridized carbons (Fsp3) is 0.554. The molecule has 1 heterocycles. The molecule has 5 fully saturated rings. The summed E-state index contributed by atoms with van der Waals surface area (Å²) in [6.07, 6.45) is -15.4. The van der Waals surface area contributed by atoms with Crippen LogP contribution in [0, 0.1) is 28.6 Å². The van der Waals surface area contributed by atoms with Crippen LogP contribution in [0.4, 0.5) is 4.79 Å². The molecule has 24 heteroatoms. The van der Waals surface area contributed by atoms with Crippen molar-refractivity contribution in [2.75, 3.05) is 6.61 Å². The standard InChI is InChI=1S/C56H69N3O20S/c1-29-37(27-54(70)49(77-46(66)33-17-13-10-14-18-33)56(71)53(8,44(63)42(62)40(29)52(54,6)7)38(61)26-39-55(56,28-74-39)78-30(2)60)75-48(68)43(41(31-15-11-9-12-16-31)57-50(69)79-51(3,4)5)76-47(67)34-19-22-35(25-34)58-59-80(72,73)36-23-20-32(21-24-36)45(64)65/h9-18,20-21,23-24,29,34,37-44,49,59,61-63,70-71H,19,22,25-28H2,1-8H3,(H,57,69)(H,64,65)/b58-35+/t29-,34?,37?,38+,39-,40?,41+,42-,43-,44-,49-,53+,54-,55+,56-/m0/s1. The molecule has 0 radical (unpaired) electrons. The van der Waals surface area contributed by atoms with Crippen molar-refractivity contribution in [1.82, 2.24) is 10.1 Å². The van der Waals surface area contributed by atoms with Gasteiger partial charge in [0.2, 0.25) is 6.10 Å². The molecule has 23 nitrogen and oxygen atoms in total. The molecule has 8 N–H and O–H groups in total. The fourth-order valence-corrected chi connectivity index (χ4v) is 13.6. The Morgan fingerprint density at radius 2 is 1.49 bits per heavy atom. The van der Waals surface area contributed by atoms with Gasteiger partial charge in [-0.1, -0.05) is 76.2 Å². The topological polar surface area (TPSA) is 350 Å². The lowest BCUT2D eigenvalue weighted by atomic mass is 9.40. The number of carbonyl (C=O) groups excluding carboxylic acids is 5. The summed E-state index contributed by atoms with van der Waals surface area (Å²) in [4.78, 5) is 84.4. The number of aliphatic hydroxyl groups is 5. The highest BCUT2D eigenvalue weighted by atomic mass is 32.2. The van der Waals surface area contributed by atoms with E-state index in [1.54, 1.807) is 52.0 Å². The molecule has 3 aromatic rings. The van der Waals surface area contributed by atoms with Gasteiger partial charge in [0.1, 0.15) is 29.5 Å². The third kappa shape index (κ3) is 10.4. The number of alkyl carbamates (subject to hydrolysis) is 1. The third-order valence-corrected chi connectivity index (χ3v) is 18.3. The van der Waals surface area contributed by atoms with Crippen molar-refractivity contribution in [3.8, 4) is 0 Å². The van der Waals surface area contributed by atoms with E-state index >= 15 is 4.79 Å². The van der Waals surface area contributed by atoms with Gasteiger partial charge in [-0.15, -0.1) is 0 Å². The van der Waals surface area contributed by atoms with Crippen LogP contribution in [0.25, 0.3) is 0 Å². The van der Waals surface area contributed by atoms with Gasteiger partial charge in [0.25, 0.3) is 10.0 Å². The molecular formula is C56H69N3O20S. The minimum absolute atomic E-state index is 0.0496. The van der Waals surface area contributed by atoms with Crippen molar-refractivity contribution in [2.45, 2.75) is 164 Å². The van der Waals surface area contributed by atoms with Gasteiger partial charge in [0, 0.05) is 43.2 Å². The molecule has 4 aliphatic carbocycles. The maximum Gasteiger partial charge on any atom is 0.408 e. The van der Waals surface area contributed by atoms with Crippen LogP contribution in [0.15, 0.2) is 94.9 Å². The minimum atomic E-state index is -4.30. The van der Waals surface area contributed by atoms with Gasteiger partial charge in [-0.25, -0.2) is 24.0 Å². The number of rotatable bonds is 14. The SMILES string of the molecule is CC(=O)O[C@]12CO[C@H]1C[C@@H](O)[C@]1(C)[C@@H](O)[C@@H](O)C3[C@@H](C)C(OC(=O)[C@@H](OC(=O)C4CC/C(=N\NS(=O)(=O)c5ccc(C(=O)O)cc5)C4)[C@H](NC(=O)OC(C)(C)C)c4ccccc4)C[C@](O)([C@H](OC(=O)c4ccccc4)[C@]12O)C3(C)C. The van der Waals surface area contributed by atoms with Crippen LogP contribution in [0.2, 0.25) is 0 Å². The minimum Gasteiger partial charge on any atom is -0.478 e. The molecule has 3 aromatic carbocycles. The van der Waals surface area contributed by atoms with E-state index in [4.69, 9.17) is 28.4 Å². The number of esters is 4. The summed E-state index contributed by atoms with van der Waals surface area (Å²) < 4.78 is 62.4. The van der Waals surface area contributed by atoms with Crippen LogP contribution in [-0.4, -0.2) is 152 Å². The number of amides is 1. The number of carboxylic acids is 1. The van der Waals surface area contributed by atoms with Gasteiger partial charge in [-0.3, -0.25) is 9.59 Å². The Labute approximate surface area is 462 Å². The van der Waals surface area contributed by atoms with Crippen molar-refractivity contribution < 1.29 is 96.2 Å². The van der Waals surface area contributed by atoms with E-state index in [1.165, 1.54) is 57.2 Å². The zero-order valence-corrected chi connectivity index (χ0v) is 46.2. The second-order valence-corrected chi connectivity index (χ2v) is 25.0. The highest BCUT2D eigenvalue weighted by molar-refractivity contribution is 7.89. The first-order chi connectivity index (χ1) is 37.3. The fourth-order valence-electron chi connectivity index (χ4n) is 12.8. The lowest BCUT2D eigenvalue weighted by molar-refractivity contribution is -0.432. The lowest BCUT2D eigenvalue weighted by Crippen LogP contribution is -2.92. The van der Waals surface area contributed by atoms with E-state index in [1.807, 2.05) is 0 Å². The lowest BCUT2D eigenvalue weighted by Gasteiger charge is -2.73. The first kappa shape index (κ1) is 59.6. The van der Waals surface area contributed by atoms with Crippen molar-refractivity contribution >= 4 is 51.7 Å². The Kier molecular flexibility index (Phi) is 16.2. The number of hydrogen-bond donors (Lipinski definition) is 8. The van der Waals surface area contributed by atoms with E-state index in [0.717, 1.165) is 31.2 Å². The van der Waals surface area contributed by atoms with Crippen LogP contribution in [-0.2, 0) is 52.8 Å². The average Bonchev–Trinajstić information content (AvgIpc) is 1.48. The maximum absolute atomic E-state index is 15.4. The Morgan fingerprint density at radius 3 is 2.06 bits per heavy atom. The number of nitrogens with zero attached hydrogens (tertiary/aromatic N) is 1. The smallest absolute Gasteiger partial charge is 0.408 e. The molecule has 434 valence electrons. The molecule has 15 atom stereocenters. The first-order valence-corrected chi connectivity index (χ1v) is 27.7. The Balaban J connectivity index is 1.19. The van der Waals surface area contributed by atoms with Crippen LogP contribution in [0.5, 0.6) is 0 Å². The number of aliphatic hydroxyl groups excluding tert-OH is 3. The highest BCUT2D eigenvalue weighted by Gasteiger charge is 2.86. The van der Waals surface area contributed by atoms with Crippen LogP contribution >= 0.6 is 0 Å². The number of carboxylic acid groups (broad SMARTS) is 1. The molecule has 0 spiro atoms. The Morgan fingerprint density at radius 1 is 0.863 bits per heavy atom. The van der Waals surface area contributed by atoms with Crippen molar-refractivity contribution in [3.05, 3.63) is 102 Å². The quantitative estimate of drug-likeness (QED) is 0.0650. The molecule has 1 amide bonds. The summed E-state index contributed by atoms with van der Waals surface area (Å²) in [7, 11) is -4.30. The molecule has 8 rings (SSSR count). The van der Waals surface area contributed by atoms with Gasteiger partial charge in [0.05, 0.1) is 52.3 Å². The van der Waals surface area contributed by atoms with Crippen LogP contribution in [0.1, 0.15) is 120 Å². The van der Waals surface area contributed by atoms with Crippen molar-refractivity contribution in [2.24, 2.45) is 33.7 Å². The first-order valence-electron chi connectivity index (χ1n) is 26.2. The van der Waals surface area contributed by atoms with E-state index in [0.29, 0.717) is 0 Å². The summed E-state index contributed by atoms with van der Waals surface area (Å²) in [5.41, 5.74) is -13.0. The van der Waals surface area contributed by atoms with Gasteiger partial charge in [-0.05, 0) is 81.5 Å². The van der Waals surface area contributed by atoms with E-state index in [9.17, 15) is 63.0 Å². The molecule has 1 aliphatic heterocycles. The van der Waals surface area contributed by atoms with Crippen LogP contribution in [0.3, 0.4) is 0 Å². The molecule has 5 aliphatic rings. The molecule has 4 saturated carbocycles. The predicted octanol–water partition coefficient (Wildman–Crippen LogP) is 3.49. The average molecular weight is 1140 g/mol. The molecule has 2 bridgehead atoms. The summed E-state index contributed by atoms with van der Waals surface area (Å²) in [5, 5.41) is 81.3.